The van der Waals surface area contributed by atoms with E-state index in [1.165, 1.54) is 6.07 Å². The van der Waals surface area contributed by atoms with Crippen molar-refractivity contribution >= 4 is 22.4 Å². The van der Waals surface area contributed by atoms with E-state index in [2.05, 4.69) is 5.32 Å². The van der Waals surface area contributed by atoms with Crippen molar-refractivity contribution in [3.8, 4) is 11.5 Å². The van der Waals surface area contributed by atoms with Gasteiger partial charge in [-0.15, -0.1) is 0 Å². The van der Waals surface area contributed by atoms with E-state index in [-0.39, 0.29) is 40.9 Å². The minimum atomic E-state index is -0.412. The van der Waals surface area contributed by atoms with E-state index in [1.807, 2.05) is 31.2 Å². The number of ether oxygens (including phenoxy) is 1. The van der Waals surface area contributed by atoms with Gasteiger partial charge in [0.1, 0.15) is 5.75 Å². The monoisotopic (exact) mass is 329 g/mol. The predicted molar refractivity (Wildman–Crippen MR) is 89.0 cm³/mol. The Hall–Kier alpha value is -2.01. The van der Waals surface area contributed by atoms with Gasteiger partial charge in [0, 0.05) is 11.3 Å². The Bertz CT molecular complexity index is 847. The molecule has 5 heteroatoms. The van der Waals surface area contributed by atoms with Gasteiger partial charge in [-0.05, 0) is 48.0 Å². The van der Waals surface area contributed by atoms with E-state index in [9.17, 15) is 9.90 Å². The maximum absolute atomic E-state index is 12.3. The molecular formula is C19H16NNaO3. The molecule has 1 N–H and O–H groups in total. The molecule has 0 fully saturated rings. The fourth-order valence-corrected chi connectivity index (χ4v) is 2.40. The number of rotatable bonds is 4. The minimum Gasteiger partial charge on any atom is -0.872 e. The molecule has 0 aliphatic rings. The number of anilines is 1. The smallest absolute Gasteiger partial charge is 0.872 e. The molecule has 1 amide bonds. The van der Waals surface area contributed by atoms with Crippen molar-refractivity contribution in [2.45, 2.75) is 6.92 Å². The van der Waals surface area contributed by atoms with Gasteiger partial charge < -0.3 is 15.2 Å². The van der Waals surface area contributed by atoms with Crippen LogP contribution in [-0.4, -0.2) is 12.5 Å². The van der Waals surface area contributed by atoms with Crippen LogP contribution in [0.25, 0.3) is 10.8 Å². The van der Waals surface area contributed by atoms with Gasteiger partial charge in [0.05, 0.1) is 6.61 Å². The average Bonchev–Trinajstić information content (AvgIpc) is 2.56. The molecule has 0 radical (unpaired) electrons. The number of amides is 1. The van der Waals surface area contributed by atoms with E-state index in [0.717, 1.165) is 16.5 Å². The van der Waals surface area contributed by atoms with Crippen molar-refractivity contribution in [3.05, 3.63) is 66.2 Å². The van der Waals surface area contributed by atoms with Gasteiger partial charge in [0.15, 0.2) is 0 Å². The number of hydrogen-bond donors (Lipinski definition) is 1. The van der Waals surface area contributed by atoms with Crippen LogP contribution in [0.3, 0.4) is 0 Å². The summed E-state index contributed by atoms with van der Waals surface area (Å²) in [6.07, 6.45) is 0. The second kappa shape index (κ2) is 8.20. The van der Waals surface area contributed by atoms with Crippen molar-refractivity contribution in [2.24, 2.45) is 0 Å². The Morgan fingerprint density at radius 1 is 1.04 bits per heavy atom. The van der Waals surface area contributed by atoms with Gasteiger partial charge in [-0.3, -0.25) is 4.79 Å². The van der Waals surface area contributed by atoms with Crippen LogP contribution in [0.15, 0.2) is 60.7 Å². The average molecular weight is 329 g/mol. The first kappa shape index (κ1) is 18.3. The van der Waals surface area contributed by atoms with Crippen molar-refractivity contribution in [1.29, 1.82) is 0 Å². The first-order chi connectivity index (χ1) is 11.2. The Labute approximate surface area is 162 Å². The van der Waals surface area contributed by atoms with Gasteiger partial charge in [0.2, 0.25) is 0 Å². The third-order valence-corrected chi connectivity index (χ3v) is 3.52. The molecule has 3 aromatic carbocycles. The molecule has 0 unspecified atom stereocenters. The quantitative estimate of drug-likeness (QED) is 0.712. The van der Waals surface area contributed by atoms with E-state index in [0.29, 0.717) is 12.3 Å². The van der Waals surface area contributed by atoms with Crippen molar-refractivity contribution in [3.63, 3.8) is 0 Å². The Balaban J connectivity index is 0.00000208. The topological polar surface area (TPSA) is 61.4 Å². The Morgan fingerprint density at radius 2 is 1.67 bits per heavy atom. The summed E-state index contributed by atoms with van der Waals surface area (Å²) < 4.78 is 5.36. The minimum absolute atomic E-state index is 0. The molecule has 24 heavy (non-hydrogen) atoms. The molecule has 0 bridgehead atoms. The summed E-state index contributed by atoms with van der Waals surface area (Å²) in [4.78, 5) is 12.3. The zero-order chi connectivity index (χ0) is 16.2. The molecule has 0 aliphatic heterocycles. The third-order valence-electron chi connectivity index (χ3n) is 3.52. The normalized spacial score (nSPS) is 10.0. The van der Waals surface area contributed by atoms with Gasteiger partial charge in [-0.25, -0.2) is 0 Å². The SMILES string of the molecule is CCOc1ccc(NC(=O)c2cc3ccccc3cc2[O-])cc1.[Na+]. The van der Waals surface area contributed by atoms with Gasteiger partial charge in [0.25, 0.3) is 5.91 Å². The summed E-state index contributed by atoms with van der Waals surface area (Å²) >= 11 is 0. The molecule has 0 spiro atoms. The summed E-state index contributed by atoms with van der Waals surface area (Å²) in [6, 6.07) is 17.6. The second-order valence-corrected chi connectivity index (χ2v) is 5.11. The largest absolute Gasteiger partial charge is 1.00 e. The summed E-state index contributed by atoms with van der Waals surface area (Å²) in [5.74, 6) is 0.0396. The van der Waals surface area contributed by atoms with Crippen LogP contribution >= 0.6 is 0 Å². The number of hydrogen-bond acceptors (Lipinski definition) is 3. The molecule has 3 rings (SSSR count). The standard InChI is InChI=1S/C19H17NO3.Na/c1-2-23-16-9-7-15(8-10-16)20-19(22)17-11-13-5-3-4-6-14(13)12-18(17)21;/h3-12,21H,2H2,1H3,(H,20,22);/q;+1/p-1. The van der Waals surface area contributed by atoms with Crippen LogP contribution < -0.4 is 44.7 Å². The van der Waals surface area contributed by atoms with Gasteiger partial charge in [-0.1, -0.05) is 36.1 Å². The summed E-state index contributed by atoms with van der Waals surface area (Å²) in [7, 11) is 0. The summed E-state index contributed by atoms with van der Waals surface area (Å²) in [5, 5.41) is 16.6. The summed E-state index contributed by atoms with van der Waals surface area (Å²) in [5.41, 5.74) is 0.753. The van der Waals surface area contributed by atoms with Gasteiger partial charge in [-0.2, -0.15) is 0 Å². The Kier molecular flexibility index (Phi) is 6.26. The Morgan fingerprint density at radius 3 is 2.29 bits per heavy atom. The molecule has 116 valence electrons. The van der Waals surface area contributed by atoms with Crippen LogP contribution in [-0.2, 0) is 0 Å². The number of carbonyl (C=O) groups is 1. The van der Waals surface area contributed by atoms with Crippen molar-refractivity contribution < 1.29 is 44.2 Å². The van der Waals surface area contributed by atoms with Crippen molar-refractivity contribution in [1.82, 2.24) is 0 Å². The molecule has 4 nitrogen and oxygen atoms in total. The number of fused-ring (bicyclic) bond motifs is 1. The molecule has 0 saturated carbocycles. The van der Waals surface area contributed by atoms with Crippen molar-refractivity contribution in [2.75, 3.05) is 11.9 Å². The fourth-order valence-electron chi connectivity index (χ4n) is 2.40. The number of carbonyl (C=O) groups excluding carboxylic acids is 1. The predicted octanol–water partition coefficient (Wildman–Crippen LogP) is 0.568. The fraction of sp³-hybridized carbons (Fsp3) is 0.105. The second-order valence-electron chi connectivity index (χ2n) is 5.11. The number of nitrogens with one attached hydrogen (secondary N) is 1. The first-order valence-corrected chi connectivity index (χ1v) is 7.41. The van der Waals surface area contributed by atoms with Crippen LogP contribution in [0, 0.1) is 0 Å². The zero-order valence-corrected chi connectivity index (χ0v) is 15.7. The molecule has 0 heterocycles. The van der Waals surface area contributed by atoms with Crippen LogP contribution in [0.1, 0.15) is 17.3 Å². The van der Waals surface area contributed by atoms with Crippen LogP contribution in [0.4, 0.5) is 5.69 Å². The van der Waals surface area contributed by atoms with E-state index in [4.69, 9.17) is 4.74 Å². The zero-order valence-electron chi connectivity index (χ0n) is 13.7. The molecule has 3 aromatic rings. The first-order valence-electron chi connectivity index (χ1n) is 7.41. The summed E-state index contributed by atoms with van der Waals surface area (Å²) in [6.45, 7) is 2.49. The van der Waals surface area contributed by atoms with E-state index >= 15 is 0 Å². The molecule has 0 aliphatic carbocycles. The molecule has 0 saturated heterocycles. The number of benzene rings is 3. The maximum Gasteiger partial charge on any atom is 1.00 e. The van der Waals surface area contributed by atoms with Crippen LogP contribution in [0.5, 0.6) is 11.5 Å². The molecular weight excluding hydrogens is 313 g/mol. The third kappa shape index (κ3) is 4.09. The molecule has 0 atom stereocenters. The van der Waals surface area contributed by atoms with E-state index < -0.39 is 5.91 Å². The maximum atomic E-state index is 12.3. The van der Waals surface area contributed by atoms with Crippen LogP contribution in [0.2, 0.25) is 0 Å². The molecule has 0 aromatic heterocycles. The van der Waals surface area contributed by atoms with Gasteiger partial charge >= 0.3 is 29.6 Å². The van der Waals surface area contributed by atoms with E-state index in [1.54, 1.807) is 30.3 Å².